The average Bonchev–Trinajstić information content (AvgIpc) is 2.34. The Balaban J connectivity index is 1.68. The molecule has 1 aromatic rings. The Bertz CT molecular complexity index is 355. The second-order valence-electron chi connectivity index (χ2n) is 4.73. The van der Waals surface area contributed by atoms with Crippen LogP contribution in [0.3, 0.4) is 0 Å². The monoisotopic (exact) mass is 219 g/mol. The number of fused-ring (bicyclic) bond motifs is 3. The number of nitrogens with two attached hydrogens (primary N) is 1. The zero-order valence-corrected chi connectivity index (χ0v) is 9.26. The Labute approximate surface area is 95.1 Å². The first-order valence-electron chi connectivity index (χ1n) is 5.88. The second-order valence-corrected chi connectivity index (χ2v) is 4.73. The zero-order valence-electron chi connectivity index (χ0n) is 9.26. The van der Waals surface area contributed by atoms with Gasteiger partial charge in [0.1, 0.15) is 0 Å². The fourth-order valence-corrected chi connectivity index (χ4v) is 2.71. The second kappa shape index (κ2) is 3.90. The predicted molar refractivity (Wildman–Crippen MR) is 63.0 cm³/mol. The summed E-state index contributed by atoms with van der Waals surface area (Å²) in [6, 6.07) is 0.506. The average molecular weight is 219 g/mol. The normalized spacial score (nSPS) is 32.6. The van der Waals surface area contributed by atoms with E-state index in [1.807, 2.05) is 0 Å². The van der Waals surface area contributed by atoms with Crippen LogP contribution in [-0.4, -0.2) is 40.5 Å². The molecule has 3 saturated heterocycles. The minimum Gasteiger partial charge on any atom is -0.396 e. The van der Waals surface area contributed by atoms with Gasteiger partial charge in [-0.2, -0.15) is 0 Å². The van der Waals surface area contributed by atoms with Gasteiger partial charge in [0.05, 0.1) is 18.1 Å². The van der Waals surface area contributed by atoms with Crippen LogP contribution >= 0.6 is 0 Å². The van der Waals surface area contributed by atoms with Gasteiger partial charge in [-0.1, -0.05) is 0 Å². The molecule has 0 aliphatic carbocycles. The Morgan fingerprint density at radius 2 is 1.94 bits per heavy atom. The summed E-state index contributed by atoms with van der Waals surface area (Å²) in [5.74, 6) is 1.49. The van der Waals surface area contributed by atoms with Gasteiger partial charge < -0.3 is 16.0 Å². The lowest BCUT2D eigenvalue weighted by Crippen LogP contribution is -2.53. The van der Waals surface area contributed by atoms with E-state index in [0.29, 0.717) is 17.7 Å². The molecule has 0 amide bonds. The standard InChI is InChI=1S/C11H17N5/c12-9-5-13-11(14-6-9)15-10-7-16-3-1-8(10)2-4-16/h5-6,8,10H,1-4,7,12H2,(H,13,14,15). The summed E-state index contributed by atoms with van der Waals surface area (Å²) in [5.41, 5.74) is 6.17. The fourth-order valence-electron chi connectivity index (χ4n) is 2.71. The summed E-state index contributed by atoms with van der Waals surface area (Å²) in [4.78, 5) is 10.9. The number of rotatable bonds is 2. The highest BCUT2D eigenvalue weighted by atomic mass is 15.2. The molecule has 3 aliphatic rings. The molecule has 3 fully saturated rings. The summed E-state index contributed by atoms with van der Waals surface area (Å²) in [7, 11) is 0. The molecule has 0 saturated carbocycles. The van der Waals surface area contributed by atoms with Gasteiger partial charge >= 0.3 is 0 Å². The molecule has 4 heterocycles. The first-order chi connectivity index (χ1) is 7.81. The van der Waals surface area contributed by atoms with Gasteiger partial charge in [-0.25, -0.2) is 9.97 Å². The minimum atomic E-state index is 0.506. The van der Waals surface area contributed by atoms with E-state index in [2.05, 4.69) is 20.2 Å². The lowest BCUT2D eigenvalue weighted by atomic mass is 9.84. The van der Waals surface area contributed by atoms with Gasteiger partial charge in [0.25, 0.3) is 0 Å². The third-order valence-corrected chi connectivity index (χ3v) is 3.64. The third kappa shape index (κ3) is 1.82. The molecule has 0 spiro atoms. The summed E-state index contributed by atoms with van der Waals surface area (Å²) in [5, 5.41) is 3.42. The smallest absolute Gasteiger partial charge is 0.222 e. The first kappa shape index (κ1) is 9.84. The lowest BCUT2D eigenvalue weighted by molar-refractivity contribution is 0.0972. The molecule has 1 unspecified atom stereocenters. The Morgan fingerprint density at radius 1 is 1.25 bits per heavy atom. The maximum atomic E-state index is 5.56. The maximum Gasteiger partial charge on any atom is 0.222 e. The number of nitrogen functional groups attached to an aromatic ring is 1. The van der Waals surface area contributed by atoms with E-state index in [1.54, 1.807) is 12.4 Å². The Hall–Kier alpha value is -1.36. The third-order valence-electron chi connectivity index (χ3n) is 3.64. The van der Waals surface area contributed by atoms with Crippen molar-refractivity contribution < 1.29 is 0 Å². The minimum absolute atomic E-state index is 0.506. The van der Waals surface area contributed by atoms with Crippen molar-refractivity contribution in [3.05, 3.63) is 12.4 Å². The molecule has 3 aliphatic heterocycles. The number of aromatic nitrogens is 2. The Morgan fingerprint density at radius 3 is 2.50 bits per heavy atom. The van der Waals surface area contributed by atoms with Gasteiger partial charge in [0, 0.05) is 12.6 Å². The summed E-state index contributed by atoms with van der Waals surface area (Å²) >= 11 is 0. The highest BCUT2D eigenvalue weighted by Gasteiger charge is 2.34. The van der Waals surface area contributed by atoms with Gasteiger partial charge in [0.15, 0.2) is 0 Å². The molecule has 5 nitrogen and oxygen atoms in total. The van der Waals surface area contributed by atoms with E-state index in [1.165, 1.54) is 25.9 Å². The first-order valence-corrected chi connectivity index (χ1v) is 5.88. The van der Waals surface area contributed by atoms with Crippen LogP contribution in [0, 0.1) is 5.92 Å². The highest BCUT2D eigenvalue weighted by molar-refractivity contribution is 5.36. The van der Waals surface area contributed by atoms with Crippen molar-refractivity contribution in [2.45, 2.75) is 18.9 Å². The van der Waals surface area contributed by atoms with Gasteiger partial charge in [-0.15, -0.1) is 0 Å². The van der Waals surface area contributed by atoms with Crippen LogP contribution in [0.25, 0.3) is 0 Å². The molecular weight excluding hydrogens is 202 g/mol. The van der Waals surface area contributed by atoms with Crippen LogP contribution in [-0.2, 0) is 0 Å². The van der Waals surface area contributed by atoms with Crippen molar-refractivity contribution >= 4 is 11.6 Å². The maximum absolute atomic E-state index is 5.56. The number of nitrogens with zero attached hydrogens (tertiary/aromatic N) is 3. The van der Waals surface area contributed by atoms with E-state index in [9.17, 15) is 0 Å². The van der Waals surface area contributed by atoms with Gasteiger partial charge in [-0.3, -0.25) is 0 Å². The van der Waals surface area contributed by atoms with Crippen LogP contribution in [0.1, 0.15) is 12.8 Å². The van der Waals surface area contributed by atoms with Crippen LogP contribution in [0.5, 0.6) is 0 Å². The molecule has 1 atom stereocenters. The SMILES string of the molecule is Nc1cnc(NC2CN3CCC2CC3)nc1. The van der Waals surface area contributed by atoms with Crippen LogP contribution < -0.4 is 11.1 Å². The Kier molecular flexibility index (Phi) is 2.40. The van der Waals surface area contributed by atoms with Crippen molar-refractivity contribution in [1.82, 2.24) is 14.9 Å². The van der Waals surface area contributed by atoms with Crippen molar-refractivity contribution in [3.63, 3.8) is 0 Å². The molecule has 4 rings (SSSR count). The van der Waals surface area contributed by atoms with E-state index in [0.717, 1.165) is 12.5 Å². The largest absolute Gasteiger partial charge is 0.396 e. The number of piperidine rings is 3. The molecule has 0 radical (unpaired) electrons. The molecular formula is C11H17N5. The van der Waals surface area contributed by atoms with Crippen molar-refractivity contribution in [1.29, 1.82) is 0 Å². The molecule has 86 valence electrons. The molecule has 16 heavy (non-hydrogen) atoms. The van der Waals surface area contributed by atoms with Crippen molar-refractivity contribution in [2.75, 3.05) is 30.7 Å². The summed E-state index contributed by atoms with van der Waals surface area (Å²) < 4.78 is 0. The van der Waals surface area contributed by atoms with Crippen molar-refractivity contribution in [2.24, 2.45) is 5.92 Å². The number of hydrogen-bond acceptors (Lipinski definition) is 5. The quantitative estimate of drug-likeness (QED) is 0.761. The van der Waals surface area contributed by atoms with Crippen LogP contribution in [0.15, 0.2) is 12.4 Å². The molecule has 3 N–H and O–H groups in total. The predicted octanol–water partition coefficient (Wildman–Crippen LogP) is 0.565. The van der Waals surface area contributed by atoms with E-state index in [-0.39, 0.29) is 0 Å². The van der Waals surface area contributed by atoms with Crippen LogP contribution in [0.2, 0.25) is 0 Å². The van der Waals surface area contributed by atoms with E-state index in [4.69, 9.17) is 5.73 Å². The van der Waals surface area contributed by atoms with E-state index < -0.39 is 0 Å². The summed E-state index contributed by atoms with van der Waals surface area (Å²) in [6.45, 7) is 3.63. The fraction of sp³-hybridized carbons (Fsp3) is 0.636. The van der Waals surface area contributed by atoms with Gasteiger partial charge in [-0.05, 0) is 31.8 Å². The van der Waals surface area contributed by atoms with E-state index >= 15 is 0 Å². The molecule has 1 aromatic heterocycles. The topological polar surface area (TPSA) is 67.1 Å². The van der Waals surface area contributed by atoms with Gasteiger partial charge in [0.2, 0.25) is 5.95 Å². The highest BCUT2D eigenvalue weighted by Crippen LogP contribution is 2.28. The van der Waals surface area contributed by atoms with Crippen molar-refractivity contribution in [3.8, 4) is 0 Å². The number of anilines is 2. The number of hydrogen-bond donors (Lipinski definition) is 2. The lowest BCUT2D eigenvalue weighted by Gasteiger charge is -2.44. The molecule has 2 bridgehead atoms. The molecule has 5 heteroatoms. The summed E-state index contributed by atoms with van der Waals surface area (Å²) in [6.07, 6.45) is 5.90. The molecule has 0 aromatic carbocycles. The zero-order chi connectivity index (χ0) is 11.0. The number of nitrogens with one attached hydrogen (secondary N) is 1. The van der Waals surface area contributed by atoms with Crippen LogP contribution in [0.4, 0.5) is 11.6 Å².